The molecule has 0 N–H and O–H groups in total. The second-order valence-electron chi connectivity index (χ2n) is 6.73. The maximum absolute atomic E-state index is 13.7. The second-order valence-corrected chi connectivity index (χ2v) is 6.73. The molecule has 0 bridgehead atoms. The molecule has 1 saturated heterocycles. The normalized spacial score (nSPS) is 18.8. The zero-order valence-corrected chi connectivity index (χ0v) is 15.5. The number of nitrogens with zero attached hydrogens (tertiary/aromatic N) is 1. The molecule has 1 heterocycles. The van der Waals surface area contributed by atoms with Crippen LogP contribution < -0.4 is 0 Å². The molecule has 0 atom stereocenters. The van der Waals surface area contributed by atoms with Gasteiger partial charge in [0.2, 0.25) is 5.60 Å². The Morgan fingerprint density at radius 1 is 1.07 bits per heavy atom. The van der Waals surface area contributed by atoms with E-state index in [1.165, 1.54) is 0 Å². The van der Waals surface area contributed by atoms with Crippen molar-refractivity contribution in [1.29, 1.82) is 0 Å². The van der Waals surface area contributed by atoms with Crippen molar-refractivity contribution in [2.24, 2.45) is 0 Å². The molecule has 1 fully saturated rings. The van der Waals surface area contributed by atoms with Gasteiger partial charge in [-0.3, -0.25) is 0 Å². The molecule has 2 aromatic carbocycles. The Kier molecular flexibility index (Phi) is 5.03. The minimum atomic E-state index is -2.16. The van der Waals surface area contributed by atoms with Crippen molar-refractivity contribution in [2.45, 2.75) is 37.8 Å². The molecule has 2 aromatic rings. The number of hydrogen-bond acceptors (Lipinski definition) is 4. The Balaban J connectivity index is 1.94. The largest absolute Gasteiger partial charge is 0.460 e. The molecule has 0 aromatic heterocycles. The summed E-state index contributed by atoms with van der Waals surface area (Å²) in [5.41, 5.74) is -0.360. The summed E-state index contributed by atoms with van der Waals surface area (Å²) in [4.78, 5) is 15.7. The van der Waals surface area contributed by atoms with Gasteiger partial charge in [0, 0.05) is 25.2 Å². The van der Waals surface area contributed by atoms with Crippen LogP contribution in [-0.2, 0) is 19.9 Å². The molecule has 0 aliphatic carbocycles. The fourth-order valence-electron chi connectivity index (χ4n) is 3.44. The van der Waals surface area contributed by atoms with E-state index in [4.69, 9.17) is 15.0 Å². The standard InChI is InChI=1S/C23H29NO3/c1-3-18-26-23(19-10-6-4-7-11-19,20-12-8-5-9-13-20)22(25)27-21-14-16-24(2)17-15-21/h4-13,21H,3,14-18H2,1-2H3/i1D3,2D. The highest BCUT2D eigenvalue weighted by atomic mass is 16.6. The van der Waals surface area contributed by atoms with Gasteiger partial charge in [0.15, 0.2) is 0 Å². The van der Waals surface area contributed by atoms with Gasteiger partial charge in [-0.05, 0) is 37.4 Å². The van der Waals surface area contributed by atoms with Gasteiger partial charge in [-0.15, -0.1) is 0 Å². The van der Waals surface area contributed by atoms with Crippen LogP contribution in [0, 0.1) is 0 Å². The lowest BCUT2D eigenvalue weighted by atomic mass is 9.85. The van der Waals surface area contributed by atoms with E-state index >= 15 is 0 Å². The van der Waals surface area contributed by atoms with E-state index in [1.807, 2.05) is 41.3 Å². The summed E-state index contributed by atoms with van der Waals surface area (Å²) in [6, 6.07) is 18.2. The predicted octanol–water partition coefficient (Wildman–Crippen LogP) is 3.99. The summed E-state index contributed by atoms with van der Waals surface area (Å²) in [6.07, 6.45) is 0.858. The molecule has 4 heteroatoms. The van der Waals surface area contributed by atoms with E-state index in [2.05, 4.69) is 0 Å². The van der Waals surface area contributed by atoms with E-state index in [0.717, 1.165) is 0 Å². The highest BCUT2D eigenvalue weighted by Gasteiger charge is 2.46. The Bertz CT molecular complexity index is 782. The first kappa shape index (κ1) is 14.8. The predicted molar refractivity (Wildman–Crippen MR) is 107 cm³/mol. The first-order chi connectivity index (χ1) is 14.8. The van der Waals surface area contributed by atoms with Crippen LogP contribution in [-0.4, -0.2) is 43.7 Å². The smallest absolute Gasteiger partial charge is 0.348 e. The lowest BCUT2D eigenvalue weighted by Gasteiger charge is -2.36. The van der Waals surface area contributed by atoms with Crippen LogP contribution in [0.1, 0.15) is 42.7 Å². The van der Waals surface area contributed by atoms with E-state index < -0.39 is 18.4 Å². The maximum Gasteiger partial charge on any atom is 0.348 e. The van der Waals surface area contributed by atoms with Gasteiger partial charge in [-0.25, -0.2) is 4.79 Å². The second kappa shape index (κ2) is 9.16. The third kappa shape index (κ3) is 4.40. The maximum atomic E-state index is 13.7. The monoisotopic (exact) mass is 371 g/mol. The quantitative estimate of drug-likeness (QED) is 0.690. The summed E-state index contributed by atoms with van der Waals surface area (Å²) < 4.78 is 42.2. The van der Waals surface area contributed by atoms with E-state index in [1.54, 1.807) is 24.3 Å². The van der Waals surface area contributed by atoms with Crippen LogP contribution >= 0.6 is 0 Å². The zero-order valence-electron chi connectivity index (χ0n) is 19.5. The fourth-order valence-corrected chi connectivity index (χ4v) is 3.44. The number of likely N-dealkylation sites (tertiary alicyclic amines) is 1. The lowest BCUT2D eigenvalue weighted by molar-refractivity contribution is -0.176. The molecular formula is C23H29NO3. The van der Waals surface area contributed by atoms with Gasteiger partial charge < -0.3 is 14.4 Å². The first-order valence-corrected chi connectivity index (χ1v) is 9.33. The molecule has 27 heavy (non-hydrogen) atoms. The molecule has 3 rings (SSSR count). The molecule has 1 aliphatic heterocycles. The van der Waals surface area contributed by atoms with Crippen LogP contribution in [0.5, 0.6) is 0 Å². The Morgan fingerprint density at radius 2 is 1.67 bits per heavy atom. The molecule has 0 unspecified atom stereocenters. The molecule has 0 spiro atoms. The van der Waals surface area contributed by atoms with E-state index in [-0.39, 0.29) is 26.2 Å². The van der Waals surface area contributed by atoms with Crippen LogP contribution in [0.3, 0.4) is 0 Å². The van der Waals surface area contributed by atoms with Gasteiger partial charge in [0.25, 0.3) is 0 Å². The summed E-state index contributed by atoms with van der Waals surface area (Å²) in [6.45, 7) is -0.880. The van der Waals surface area contributed by atoms with Gasteiger partial charge in [-0.2, -0.15) is 0 Å². The third-order valence-corrected chi connectivity index (χ3v) is 4.88. The average molecular weight is 372 g/mol. The summed E-state index contributed by atoms with van der Waals surface area (Å²) >= 11 is 0. The van der Waals surface area contributed by atoms with Crippen molar-refractivity contribution in [3.05, 3.63) is 71.8 Å². The van der Waals surface area contributed by atoms with Gasteiger partial charge in [-0.1, -0.05) is 67.5 Å². The highest BCUT2D eigenvalue weighted by molar-refractivity contribution is 5.86. The highest BCUT2D eigenvalue weighted by Crippen LogP contribution is 2.36. The fraction of sp³-hybridized carbons (Fsp3) is 0.435. The topological polar surface area (TPSA) is 38.8 Å². The van der Waals surface area contributed by atoms with E-state index in [0.29, 0.717) is 37.1 Å². The summed E-state index contributed by atoms with van der Waals surface area (Å²) in [5.74, 6) is -0.542. The number of ether oxygens (including phenoxy) is 2. The number of rotatable bonds is 7. The van der Waals surface area contributed by atoms with Crippen molar-refractivity contribution in [1.82, 2.24) is 4.90 Å². The van der Waals surface area contributed by atoms with Crippen LogP contribution in [0.25, 0.3) is 0 Å². The van der Waals surface area contributed by atoms with E-state index in [9.17, 15) is 4.79 Å². The van der Waals surface area contributed by atoms with Crippen molar-refractivity contribution < 1.29 is 19.8 Å². The SMILES string of the molecule is [2H]CN1CCC(OC(=O)C(OCCC([2H])([2H])[2H])(c2ccccc2)c2ccccc2)CC1. The van der Waals surface area contributed by atoms with Gasteiger partial charge in [0.1, 0.15) is 6.10 Å². The molecule has 144 valence electrons. The number of esters is 1. The average Bonchev–Trinajstić information content (AvgIpc) is 2.78. The Hall–Kier alpha value is -2.17. The Morgan fingerprint density at radius 3 is 2.19 bits per heavy atom. The molecule has 4 nitrogen and oxygen atoms in total. The van der Waals surface area contributed by atoms with Crippen molar-refractivity contribution in [3.8, 4) is 0 Å². The van der Waals surface area contributed by atoms with Crippen LogP contribution in [0.4, 0.5) is 0 Å². The minimum absolute atomic E-state index is 0.118. The molecule has 1 aliphatic rings. The molecule has 0 amide bonds. The molecule has 0 radical (unpaired) electrons. The number of carbonyl (C=O) groups is 1. The summed E-state index contributed by atoms with van der Waals surface area (Å²) in [7, 11) is 0.233. The Labute approximate surface area is 167 Å². The van der Waals surface area contributed by atoms with Crippen molar-refractivity contribution in [2.75, 3.05) is 26.7 Å². The number of benzene rings is 2. The van der Waals surface area contributed by atoms with Crippen molar-refractivity contribution in [3.63, 3.8) is 0 Å². The third-order valence-electron chi connectivity index (χ3n) is 4.88. The minimum Gasteiger partial charge on any atom is -0.460 e. The van der Waals surface area contributed by atoms with Crippen molar-refractivity contribution >= 4 is 5.97 Å². The van der Waals surface area contributed by atoms with Crippen LogP contribution in [0.15, 0.2) is 60.7 Å². The molecule has 0 saturated carbocycles. The lowest BCUT2D eigenvalue weighted by Crippen LogP contribution is -2.45. The number of piperidine rings is 1. The zero-order chi connectivity index (χ0) is 22.3. The van der Waals surface area contributed by atoms with Gasteiger partial charge >= 0.3 is 5.97 Å². The van der Waals surface area contributed by atoms with Gasteiger partial charge in [0.05, 0.1) is 0 Å². The van der Waals surface area contributed by atoms with Crippen LogP contribution in [0.2, 0.25) is 0 Å². The number of carbonyl (C=O) groups excluding carboxylic acids is 1. The summed E-state index contributed by atoms with van der Waals surface area (Å²) in [5, 5.41) is 0. The molecular weight excluding hydrogens is 338 g/mol. The first-order valence-electron chi connectivity index (χ1n) is 11.5. The number of hydrogen-bond donors (Lipinski definition) is 0.